The molecule has 6 heteroatoms. The monoisotopic (exact) mass is 264 g/mol. The van der Waals surface area contributed by atoms with Gasteiger partial charge in [0.15, 0.2) is 0 Å². The highest BCUT2D eigenvalue weighted by Crippen LogP contribution is 2.21. The van der Waals surface area contributed by atoms with Crippen molar-refractivity contribution in [1.82, 2.24) is 14.8 Å². The topological polar surface area (TPSA) is 73.8 Å². The first kappa shape index (κ1) is 12.6. The zero-order chi connectivity index (χ0) is 13.3. The van der Waals surface area contributed by atoms with Gasteiger partial charge in [-0.15, -0.1) is 0 Å². The van der Waals surface area contributed by atoms with Gasteiger partial charge in [-0.25, -0.2) is 0 Å². The fourth-order valence-electron chi connectivity index (χ4n) is 1.61. The van der Waals surface area contributed by atoms with Crippen molar-refractivity contribution in [2.75, 3.05) is 5.73 Å². The first-order chi connectivity index (χ1) is 8.50. The van der Waals surface area contributed by atoms with E-state index < -0.39 is 0 Å². The van der Waals surface area contributed by atoms with E-state index in [-0.39, 0.29) is 11.8 Å². The number of nitrogens with zero attached hydrogens (tertiary/aromatic N) is 3. The fourth-order valence-corrected chi connectivity index (χ4v) is 1.82. The van der Waals surface area contributed by atoms with Crippen LogP contribution < -0.4 is 5.73 Å². The number of hydrogen-bond acceptors (Lipinski definition) is 4. The molecule has 5 nitrogen and oxygen atoms in total. The number of rotatable bonds is 3. The van der Waals surface area contributed by atoms with Crippen LogP contribution in [0.4, 0.5) is 5.69 Å². The van der Waals surface area contributed by atoms with Gasteiger partial charge in [-0.05, 0) is 26.0 Å². The van der Waals surface area contributed by atoms with Crippen LogP contribution in [0.25, 0.3) is 0 Å². The van der Waals surface area contributed by atoms with Crippen molar-refractivity contribution in [3.05, 3.63) is 40.9 Å². The molecule has 0 fully saturated rings. The van der Waals surface area contributed by atoms with Gasteiger partial charge in [0.25, 0.3) is 0 Å². The molecular formula is C12H13ClN4O. The van der Waals surface area contributed by atoms with E-state index in [9.17, 15) is 4.79 Å². The number of halogens is 1. The number of nitrogen functional groups attached to an aromatic ring is 1. The summed E-state index contributed by atoms with van der Waals surface area (Å²) in [4.78, 5) is 16.3. The second-order valence-corrected chi connectivity index (χ2v) is 4.59. The number of ketones is 1. The van der Waals surface area contributed by atoms with E-state index >= 15 is 0 Å². The third-order valence-corrected chi connectivity index (χ3v) is 2.75. The van der Waals surface area contributed by atoms with E-state index in [0.29, 0.717) is 22.1 Å². The van der Waals surface area contributed by atoms with Crippen molar-refractivity contribution in [2.45, 2.75) is 19.9 Å². The average Bonchev–Trinajstić information content (AvgIpc) is 2.71. The van der Waals surface area contributed by atoms with Gasteiger partial charge in [0.1, 0.15) is 11.4 Å². The zero-order valence-electron chi connectivity index (χ0n) is 10.1. The average molecular weight is 265 g/mol. The Balaban J connectivity index is 2.45. The van der Waals surface area contributed by atoms with Crippen LogP contribution in [0.1, 0.15) is 36.1 Å². The minimum Gasteiger partial charge on any atom is -0.397 e. The minimum absolute atomic E-state index is 0.0465. The molecule has 0 unspecified atom stereocenters. The predicted octanol–water partition coefficient (Wildman–Crippen LogP) is 2.33. The summed E-state index contributed by atoms with van der Waals surface area (Å²) in [6.45, 7) is 3.85. The Morgan fingerprint density at radius 3 is 2.67 bits per heavy atom. The van der Waals surface area contributed by atoms with Crippen LogP contribution >= 0.6 is 11.6 Å². The van der Waals surface area contributed by atoms with Crippen LogP contribution in [-0.2, 0) is 0 Å². The summed E-state index contributed by atoms with van der Waals surface area (Å²) in [5.74, 6) is -0.258. The summed E-state index contributed by atoms with van der Waals surface area (Å²) >= 11 is 6.01. The van der Waals surface area contributed by atoms with Gasteiger partial charge >= 0.3 is 0 Å². The summed E-state index contributed by atoms with van der Waals surface area (Å²) in [5, 5.41) is 4.42. The summed E-state index contributed by atoms with van der Waals surface area (Å²) in [6, 6.07) is 3.25. The predicted molar refractivity (Wildman–Crippen MR) is 69.7 cm³/mol. The molecule has 0 bridgehead atoms. The van der Waals surface area contributed by atoms with E-state index in [1.54, 1.807) is 16.8 Å². The van der Waals surface area contributed by atoms with E-state index in [0.717, 1.165) is 0 Å². The van der Waals surface area contributed by atoms with Crippen molar-refractivity contribution in [2.24, 2.45) is 0 Å². The number of pyridine rings is 1. The summed E-state index contributed by atoms with van der Waals surface area (Å²) in [6.07, 6.45) is 2.91. The lowest BCUT2D eigenvalue weighted by Gasteiger charge is -2.10. The fraction of sp³-hybridized carbons (Fsp3) is 0.250. The van der Waals surface area contributed by atoms with Gasteiger partial charge in [-0.2, -0.15) is 5.10 Å². The summed E-state index contributed by atoms with van der Waals surface area (Å²) < 4.78 is 1.59. The molecule has 2 heterocycles. The molecule has 0 aliphatic heterocycles. The Bertz CT molecular complexity index is 574. The molecule has 0 spiro atoms. The highest BCUT2D eigenvalue weighted by Gasteiger charge is 2.21. The van der Waals surface area contributed by atoms with E-state index in [1.807, 2.05) is 13.8 Å². The number of anilines is 1. The molecule has 2 aromatic rings. The molecule has 0 atom stereocenters. The Kier molecular flexibility index (Phi) is 3.34. The Morgan fingerprint density at radius 2 is 2.11 bits per heavy atom. The number of carbonyl (C=O) groups is 1. The minimum atomic E-state index is -0.258. The van der Waals surface area contributed by atoms with E-state index in [1.165, 1.54) is 12.4 Å². The van der Waals surface area contributed by atoms with Crippen LogP contribution in [0.5, 0.6) is 0 Å². The molecule has 0 aromatic carbocycles. The number of carbonyl (C=O) groups excluding carboxylic acids is 1. The largest absolute Gasteiger partial charge is 0.397 e. The highest BCUT2D eigenvalue weighted by atomic mass is 35.5. The smallest absolute Gasteiger partial charge is 0.230 e. The lowest BCUT2D eigenvalue weighted by molar-refractivity contribution is 0.102. The van der Waals surface area contributed by atoms with Crippen LogP contribution in [-0.4, -0.2) is 20.5 Å². The molecule has 0 amide bonds. The number of hydrogen-bond donors (Lipinski definition) is 1. The third kappa shape index (κ3) is 2.22. The maximum atomic E-state index is 12.3. The molecule has 94 valence electrons. The van der Waals surface area contributed by atoms with Crippen molar-refractivity contribution < 1.29 is 4.79 Å². The molecule has 0 saturated heterocycles. The van der Waals surface area contributed by atoms with Gasteiger partial charge in [0.2, 0.25) is 5.78 Å². The third-order valence-electron chi connectivity index (χ3n) is 2.47. The van der Waals surface area contributed by atoms with Gasteiger partial charge in [-0.1, -0.05) is 11.6 Å². The van der Waals surface area contributed by atoms with Crippen LogP contribution in [0, 0.1) is 0 Å². The maximum absolute atomic E-state index is 12.3. The molecule has 2 aromatic heterocycles. The van der Waals surface area contributed by atoms with Gasteiger partial charge in [-0.3, -0.25) is 14.5 Å². The molecule has 0 radical (unpaired) electrons. The van der Waals surface area contributed by atoms with Gasteiger partial charge < -0.3 is 5.73 Å². The second kappa shape index (κ2) is 4.78. The molecule has 0 saturated carbocycles. The molecular weight excluding hydrogens is 252 g/mol. The van der Waals surface area contributed by atoms with Crippen molar-refractivity contribution in [3.63, 3.8) is 0 Å². The quantitative estimate of drug-likeness (QED) is 0.864. The molecule has 0 aliphatic carbocycles. The highest BCUT2D eigenvalue weighted by molar-refractivity contribution is 6.34. The molecule has 18 heavy (non-hydrogen) atoms. The molecule has 0 aliphatic rings. The summed E-state index contributed by atoms with van der Waals surface area (Å²) in [7, 11) is 0. The van der Waals surface area contributed by atoms with Crippen molar-refractivity contribution >= 4 is 23.1 Å². The van der Waals surface area contributed by atoms with Gasteiger partial charge in [0, 0.05) is 6.04 Å². The first-order valence-electron chi connectivity index (χ1n) is 5.50. The zero-order valence-corrected chi connectivity index (χ0v) is 10.8. The Hall–Kier alpha value is -1.88. The van der Waals surface area contributed by atoms with Crippen LogP contribution in [0.2, 0.25) is 5.02 Å². The second-order valence-electron chi connectivity index (χ2n) is 4.19. The molecule has 2 N–H and O–H groups in total. The lowest BCUT2D eigenvalue weighted by atomic mass is 10.2. The van der Waals surface area contributed by atoms with E-state index in [4.69, 9.17) is 17.3 Å². The SMILES string of the molecule is CC(C)n1ncc(Cl)c1C(=O)c1ccc(N)cn1. The van der Waals surface area contributed by atoms with E-state index in [2.05, 4.69) is 10.1 Å². The Labute approximate surface area is 110 Å². The number of aromatic nitrogens is 3. The molecule has 2 rings (SSSR count). The van der Waals surface area contributed by atoms with Crippen LogP contribution in [0.15, 0.2) is 24.5 Å². The van der Waals surface area contributed by atoms with Gasteiger partial charge in [0.05, 0.1) is 23.1 Å². The Morgan fingerprint density at radius 1 is 1.39 bits per heavy atom. The normalized spacial score (nSPS) is 10.9. The lowest BCUT2D eigenvalue weighted by Crippen LogP contribution is -2.14. The number of nitrogens with two attached hydrogens (primary N) is 1. The summed E-state index contributed by atoms with van der Waals surface area (Å²) in [5.41, 5.74) is 6.70. The maximum Gasteiger partial charge on any atom is 0.230 e. The van der Waals surface area contributed by atoms with Crippen molar-refractivity contribution in [3.8, 4) is 0 Å². The van der Waals surface area contributed by atoms with Crippen LogP contribution in [0.3, 0.4) is 0 Å². The standard InChI is InChI=1S/C12H13ClN4O/c1-7(2)17-11(9(13)6-16-17)12(18)10-4-3-8(14)5-15-10/h3-7H,14H2,1-2H3. The first-order valence-corrected chi connectivity index (χ1v) is 5.87. The van der Waals surface area contributed by atoms with Crippen molar-refractivity contribution in [1.29, 1.82) is 0 Å².